The molecule has 1 spiro atoms. The van der Waals surface area contributed by atoms with E-state index in [1.165, 1.54) is 5.56 Å². The van der Waals surface area contributed by atoms with E-state index in [0.717, 1.165) is 45.2 Å². The number of nitrogens with zero attached hydrogens (tertiary/aromatic N) is 2. The van der Waals surface area contributed by atoms with Crippen molar-refractivity contribution in [2.24, 2.45) is 11.1 Å². The number of rotatable bonds is 4. The summed E-state index contributed by atoms with van der Waals surface area (Å²) in [5, 5.41) is 0. The van der Waals surface area contributed by atoms with E-state index in [1.807, 2.05) is 4.90 Å². The topological polar surface area (TPSA) is 66.6 Å². The highest BCUT2D eigenvalue weighted by Gasteiger charge is 2.48. The van der Waals surface area contributed by atoms with Gasteiger partial charge in [0.2, 0.25) is 11.8 Å². The Balaban J connectivity index is 1.71. The monoisotopic (exact) mass is 343 g/mol. The van der Waals surface area contributed by atoms with Gasteiger partial charge in [0.05, 0.1) is 0 Å². The highest BCUT2D eigenvalue weighted by atomic mass is 16.2. The fraction of sp³-hybridized carbons (Fsp3) is 0.600. The fourth-order valence-electron chi connectivity index (χ4n) is 4.75. The van der Waals surface area contributed by atoms with Crippen molar-refractivity contribution in [2.75, 3.05) is 27.2 Å². The third kappa shape index (κ3) is 3.43. The molecule has 0 unspecified atom stereocenters. The zero-order valence-corrected chi connectivity index (χ0v) is 15.3. The second-order valence-corrected chi connectivity index (χ2v) is 8.00. The molecule has 1 aliphatic carbocycles. The number of hydrogen-bond donors (Lipinski definition) is 1. The maximum atomic E-state index is 12.2. The Morgan fingerprint density at radius 1 is 1.08 bits per heavy atom. The standard InChI is InChI=1S/C20H29N3O2/c1-22(2)20(16-6-4-3-5-7-16)10-8-19(9-11-20)12-13-23(15-19)18(25)14-17(21)24/h3-7H,8-15H2,1-2H3,(H2,21,24)/t19-,20-. The summed E-state index contributed by atoms with van der Waals surface area (Å²) in [5.74, 6) is -0.651. The zero-order valence-electron chi connectivity index (χ0n) is 15.3. The Labute approximate surface area is 150 Å². The Morgan fingerprint density at radius 3 is 2.28 bits per heavy atom. The summed E-state index contributed by atoms with van der Waals surface area (Å²) in [7, 11) is 4.34. The van der Waals surface area contributed by atoms with Crippen LogP contribution in [-0.2, 0) is 15.1 Å². The molecule has 1 aromatic carbocycles. The second kappa shape index (κ2) is 6.79. The van der Waals surface area contributed by atoms with Gasteiger partial charge in [0.15, 0.2) is 0 Å². The maximum Gasteiger partial charge on any atom is 0.232 e. The molecule has 1 saturated carbocycles. The lowest BCUT2D eigenvalue weighted by molar-refractivity contribution is -0.134. The first-order valence-corrected chi connectivity index (χ1v) is 9.16. The van der Waals surface area contributed by atoms with Crippen LogP contribution in [0.15, 0.2) is 30.3 Å². The fourth-order valence-corrected chi connectivity index (χ4v) is 4.75. The first-order valence-electron chi connectivity index (χ1n) is 9.16. The van der Waals surface area contributed by atoms with E-state index in [4.69, 9.17) is 5.73 Å². The summed E-state index contributed by atoms with van der Waals surface area (Å²) in [6.07, 6.45) is 5.29. The van der Waals surface area contributed by atoms with E-state index in [0.29, 0.717) is 0 Å². The van der Waals surface area contributed by atoms with E-state index in [-0.39, 0.29) is 23.3 Å². The Hall–Kier alpha value is -1.88. The molecular formula is C20H29N3O2. The molecule has 5 nitrogen and oxygen atoms in total. The highest BCUT2D eigenvalue weighted by molar-refractivity contribution is 5.96. The Bertz CT molecular complexity index is 634. The quantitative estimate of drug-likeness (QED) is 0.852. The lowest BCUT2D eigenvalue weighted by Gasteiger charge is -2.49. The third-order valence-electron chi connectivity index (χ3n) is 6.42. The first kappa shape index (κ1) is 17.9. The van der Waals surface area contributed by atoms with Crippen molar-refractivity contribution in [1.82, 2.24) is 9.80 Å². The predicted molar refractivity (Wildman–Crippen MR) is 97.7 cm³/mol. The molecule has 1 saturated heterocycles. The van der Waals surface area contributed by atoms with E-state index in [1.54, 1.807) is 0 Å². The molecule has 2 aliphatic rings. The van der Waals surface area contributed by atoms with Crippen LogP contribution in [0.2, 0.25) is 0 Å². The zero-order chi connectivity index (χ0) is 18.1. The van der Waals surface area contributed by atoms with Crippen LogP contribution < -0.4 is 5.73 Å². The van der Waals surface area contributed by atoms with Gasteiger partial charge < -0.3 is 10.6 Å². The van der Waals surface area contributed by atoms with Gasteiger partial charge in [-0.15, -0.1) is 0 Å². The SMILES string of the molecule is CN(C)[C@]1(c2ccccc2)CC[C@]2(CCN(C(=O)CC(N)=O)C2)CC1. The van der Waals surface area contributed by atoms with Crippen LogP contribution in [0.1, 0.15) is 44.1 Å². The lowest BCUT2D eigenvalue weighted by Crippen LogP contribution is -2.47. The minimum atomic E-state index is -0.537. The normalized spacial score (nSPS) is 29.3. The van der Waals surface area contributed by atoms with Crippen molar-refractivity contribution in [3.8, 4) is 0 Å². The molecule has 1 heterocycles. The van der Waals surface area contributed by atoms with E-state index < -0.39 is 5.91 Å². The number of nitrogens with two attached hydrogens (primary N) is 1. The summed E-state index contributed by atoms with van der Waals surface area (Å²) in [6.45, 7) is 1.53. The van der Waals surface area contributed by atoms with Crippen LogP contribution in [0, 0.1) is 5.41 Å². The van der Waals surface area contributed by atoms with Crippen LogP contribution in [0.25, 0.3) is 0 Å². The van der Waals surface area contributed by atoms with Crippen LogP contribution in [-0.4, -0.2) is 48.8 Å². The van der Waals surface area contributed by atoms with Gasteiger partial charge >= 0.3 is 0 Å². The van der Waals surface area contributed by atoms with Crippen LogP contribution in [0.5, 0.6) is 0 Å². The van der Waals surface area contributed by atoms with Gasteiger partial charge in [0.25, 0.3) is 0 Å². The van der Waals surface area contributed by atoms with Crippen molar-refractivity contribution < 1.29 is 9.59 Å². The third-order valence-corrected chi connectivity index (χ3v) is 6.42. The van der Waals surface area contributed by atoms with Crippen LogP contribution in [0.4, 0.5) is 0 Å². The molecule has 2 amide bonds. The van der Waals surface area contributed by atoms with E-state index >= 15 is 0 Å². The van der Waals surface area contributed by atoms with Crippen molar-refractivity contribution in [1.29, 1.82) is 0 Å². The first-order chi connectivity index (χ1) is 11.9. The van der Waals surface area contributed by atoms with Crippen LogP contribution >= 0.6 is 0 Å². The molecule has 0 atom stereocenters. The molecule has 25 heavy (non-hydrogen) atoms. The number of likely N-dealkylation sites (tertiary alicyclic amines) is 1. The molecule has 136 valence electrons. The van der Waals surface area contributed by atoms with Gasteiger partial charge in [0, 0.05) is 18.6 Å². The van der Waals surface area contributed by atoms with Gasteiger partial charge in [-0.05, 0) is 57.2 Å². The Kier molecular flexibility index (Phi) is 4.87. The lowest BCUT2D eigenvalue weighted by atomic mass is 9.64. The van der Waals surface area contributed by atoms with E-state index in [2.05, 4.69) is 49.3 Å². The summed E-state index contributed by atoms with van der Waals surface area (Å²) >= 11 is 0. The molecule has 1 aliphatic heterocycles. The van der Waals surface area contributed by atoms with E-state index in [9.17, 15) is 9.59 Å². The number of primary amides is 1. The average molecular weight is 343 g/mol. The van der Waals surface area contributed by atoms with Gasteiger partial charge in [0.1, 0.15) is 6.42 Å². The Morgan fingerprint density at radius 2 is 1.72 bits per heavy atom. The van der Waals surface area contributed by atoms with Crippen LogP contribution in [0.3, 0.4) is 0 Å². The molecule has 0 bridgehead atoms. The smallest absolute Gasteiger partial charge is 0.232 e. The summed E-state index contributed by atoms with van der Waals surface area (Å²) in [6, 6.07) is 10.8. The number of amides is 2. The summed E-state index contributed by atoms with van der Waals surface area (Å²) < 4.78 is 0. The molecular weight excluding hydrogens is 314 g/mol. The molecule has 1 aromatic rings. The van der Waals surface area contributed by atoms with Crippen molar-refractivity contribution >= 4 is 11.8 Å². The summed E-state index contributed by atoms with van der Waals surface area (Å²) in [4.78, 5) is 27.4. The molecule has 0 radical (unpaired) electrons. The summed E-state index contributed by atoms with van der Waals surface area (Å²) in [5.41, 5.74) is 6.85. The molecule has 2 N–H and O–H groups in total. The number of hydrogen-bond acceptors (Lipinski definition) is 3. The number of carbonyl (C=O) groups is 2. The largest absolute Gasteiger partial charge is 0.369 e. The maximum absolute atomic E-state index is 12.2. The molecule has 0 aromatic heterocycles. The number of carbonyl (C=O) groups excluding carboxylic acids is 2. The molecule has 5 heteroatoms. The molecule has 2 fully saturated rings. The predicted octanol–water partition coefficient (Wildman–Crippen LogP) is 2.11. The highest BCUT2D eigenvalue weighted by Crippen LogP contribution is 2.51. The molecule has 3 rings (SSSR count). The van der Waals surface area contributed by atoms with Gasteiger partial charge in [-0.25, -0.2) is 0 Å². The average Bonchev–Trinajstić information content (AvgIpc) is 3.00. The van der Waals surface area contributed by atoms with Gasteiger partial charge in [-0.1, -0.05) is 30.3 Å². The van der Waals surface area contributed by atoms with Crippen molar-refractivity contribution in [3.05, 3.63) is 35.9 Å². The number of benzene rings is 1. The minimum Gasteiger partial charge on any atom is -0.369 e. The minimum absolute atomic E-state index is 0.0805. The van der Waals surface area contributed by atoms with Gasteiger partial charge in [-0.2, -0.15) is 0 Å². The van der Waals surface area contributed by atoms with Crippen molar-refractivity contribution in [2.45, 2.75) is 44.1 Å². The second-order valence-electron chi connectivity index (χ2n) is 8.00. The van der Waals surface area contributed by atoms with Gasteiger partial charge in [-0.3, -0.25) is 14.5 Å². The van der Waals surface area contributed by atoms with Crippen molar-refractivity contribution in [3.63, 3.8) is 0 Å².